The van der Waals surface area contributed by atoms with E-state index in [-0.39, 0.29) is 11.8 Å². The van der Waals surface area contributed by atoms with Gasteiger partial charge in [0.2, 0.25) is 0 Å². The molecular weight excluding hydrogens is 340 g/mol. The average molecular weight is 366 g/mol. The van der Waals surface area contributed by atoms with Crippen LogP contribution >= 0.6 is 0 Å². The lowest BCUT2D eigenvalue weighted by Crippen LogP contribution is -2.37. The molecule has 5 nitrogen and oxygen atoms in total. The van der Waals surface area contributed by atoms with Gasteiger partial charge in [-0.2, -0.15) is 0 Å². The Morgan fingerprint density at radius 1 is 1.11 bits per heavy atom. The lowest BCUT2D eigenvalue weighted by molar-refractivity contribution is 0.0871. The summed E-state index contributed by atoms with van der Waals surface area (Å²) in [6, 6.07) is 13.6. The molecule has 142 valence electrons. The van der Waals surface area contributed by atoms with E-state index in [1.807, 2.05) is 62.6 Å². The summed E-state index contributed by atoms with van der Waals surface area (Å²) in [6.07, 6.45) is 2.63. The number of nitrogens with one attached hydrogen (secondary N) is 1. The average Bonchev–Trinajstić information content (AvgIpc) is 3.14. The van der Waals surface area contributed by atoms with Crippen LogP contribution in [0, 0.1) is 0 Å². The third kappa shape index (κ3) is 3.98. The van der Waals surface area contributed by atoms with Crippen molar-refractivity contribution in [1.29, 1.82) is 0 Å². The summed E-state index contributed by atoms with van der Waals surface area (Å²) in [5.74, 6) is 1.57. The molecule has 0 aliphatic carbocycles. The SMILES string of the molecule is COc1ccc(CCN(C)[C@@H](C)C(=O)c2c[nH]c3ccccc23)cc1OC. The number of carbonyl (C=O) groups is 1. The molecule has 0 bridgehead atoms. The van der Waals surface area contributed by atoms with Crippen LogP contribution in [-0.4, -0.2) is 49.5 Å². The number of methoxy groups -OCH3 is 2. The van der Waals surface area contributed by atoms with Crippen molar-refractivity contribution in [2.24, 2.45) is 0 Å². The highest BCUT2D eigenvalue weighted by Crippen LogP contribution is 2.28. The maximum absolute atomic E-state index is 13.0. The molecule has 0 radical (unpaired) electrons. The van der Waals surface area contributed by atoms with Gasteiger partial charge in [-0.1, -0.05) is 24.3 Å². The largest absolute Gasteiger partial charge is 0.493 e. The van der Waals surface area contributed by atoms with Crippen molar-refractivity contribution < 1.29 is 14.3 Å². The number of ketones is 1. The molecule has 3 rings (SSSR count). The van der Waals surface area contributed by atoms with Crippen LogP contribution in [0.3, 0.4) is 0 Å². The number of aromatic nitrogens is 1. The topological polar surface area (TPSA) is 54.6 Å². The Morgan fingerprint density at radius 2 is 1.85 bits per heavy atom. The number of fused-ring (bicyclic) bond motifs is 1. The Labute approximate surface area is 159 Å². The van der Waals surface area contributed by atoms with Crippen LogP contribution in [0.25, 0.3) is 10.9 Å². The number of benzene rings is 2. The standard InChI is InChI=1S/C22H26N2O3/c1-15(22(25)18-14-23-19-8-6-5-7-17(18)19)24(2)12-11-16-9-10-20(26-3)21(13-16)27-4/h5-10,13-15,23H,11-12H2,1-4H3/t15-/m0/s1. The molecule has 1 atom stereocenters. The fraction of sp³-hybridized carbons (Fsp3) is 0.318. The van der Waals surface area contributed by atoms with Crippen molar-refractivity contribution in [2.75, 3.05) is 27.8 Å². The van der Waals surface area contributed by atoms with E-state index in [4.69, 9.17) is 9.47 Å². The number of hydrogen-bond donors (Lipinski definition) is 1. The zero-order valence-electron chi connectivity index (χ0n) is 16.3. The highest BCUT2D eigenvalue weighted by atomic mass is 16.5. The van der Waals surface area contributed by atoms with Crippen molar-refractivity contribution in [3.05, 3.63) is 59.8 Å². The summed E-state index contributed by atoms with van der Waals surface area (Å²) in [7, 11) is 5.25. The van der Waals surface area contributed by atoms with Crippen molar-refractivity contribution >= 4 is 16.7 Å². The van der Waals surface area contributed by atoms with E-state index in [1.54, 1.807) is 14.2 Å². The Hall–Kier alpha value is -2.79. The number of nitrogens with zero attached hydrogens (tertiary/aromatic N) is 1. The van der Waals surface area contributed by atoms with Crippen LogP contribution in [0.15, 0.2) is 48.7 Å². The first-order chi connectivity index (χ1) is 13.0. The molecule has 0 amide bonds. The normalized spacial score (nSPS) is 12.3. The van der Waals surface area contributed by atoms with Gasteiger partial charge in [0.15, 0.2) is 17.3 Å². The number of H-pyrrole nitrogens is 1. The molecule has 0 saturated heterocycles. The van der Waals surface area contributed by atoms with E-state index >= 15 is 0 Å². The van der Waals surface area contributed by atoms with E-state index in [2.05, 4.69) is 9.88 Å². The van der Waals surface area contributed by atoms with Gasteiger partial charge in [-0.25, -0.2) is 0 Å². The second-order valence-corrected chi connectivity index (χ2v) is 6.71. The van der Waals surface area contributed by atoms with Crippen LogP contribution in [0.4, 0.5) is 0 Å². The van der Waals surface area contributed by atoms with Gasteiger partial charge in [0.1, 0.15) is 0 Å². The zero-order valence-corrected chi connectivity index (χ0v) is 16.3. The number of carbonyl (C=O) groups excluding carboxylic acids is 1. The van der Waals surface area contributed by atoms with Gasteiger partial charge in [-0.15, -0.1) is 0 Å². The summed E-state index contributed by atoms with van der Waals surface area (Å²) in [5, 5.41) is 0.975. The molecule has 0 fully saturated rings. The van der Waals surface area contributed by atoms with E-state index in [0.717, 1.165) is 46.5 Å². The zero-order chi connectivity index (χ0) is 19.4. The van der Waals surface area contributed by atoms with E-state index in [1.165, 1.54) is 0 Å². The third-order valence-corrected chi connectivity index (χ3v) is 5.10. The molecule has 1 heterocycles. The lowest BCUT2D eigenvalue weighted by atomic mass is 10.0. The Morgan fingerprint density at radius 3 is 2.59 bits per heavy atom. The number of rotatable bonds is 8. The number of aromatic amines is 1. The van der Waals surface area contributed by atoms with Crippen LogP contribution in [0.2, 0.25) is 0 Å². The summed E-state index contributed by atoms with van der Waals surface area (Å²) in [4.78, 5) is 18.2. The smallest absolute Gasteiger partial charge is 0.181 e. The molecule has 0 aliphatic rings. The van der Waals surface area contributed by atoms with Gasteiger partial charge < -0.3 is 14.5 Å². The van der Waals surface area contributed by atoms with Crippen LogP contribution < -0.4 is 9.47 Å². The predicted molar refractivity (Wildman–Crippen MR) is 108 cm³/mol. The van der Waals surface area contributed by atoms with Crippen LogP contribution in [-0.2, 0) is 6.42 Å². The summed E-state index contributed by atoms with van der Waals surface area (Å²) < 4.78 is 10.6. The van der Waals surface area contributed by atoms with E-state index in [9.17, 15) is 4.79 Å². The van der Waals surface area contributed by atoms with Gasteiger partial charge in [-0.05, 0) is 44.2 Å². The third-order valence-electron chi connectivity index (χ3n) is 5.10. The fourth-order valence-electron chi connectivity index (χ4n) is 3.24. The molecule has 0 aliphatic heterocycles. The van der Waals surface area contributed by atoms with E-state index < -0.39 is 0 Å². The van der Waals surface area contributed by atoms with Gasteiger partial charge in [-0.3, -0.25) is 9.69 Å². The van der Waals surface area contributed by atoms with Gasteiger partial charge in [0.25, 0.3) is 0 Å². The first-order valence-electron chi connectivity index (χ1n) is 9.06. The molecule has 3 aromatic rings. The summed E-state index contributed by atoms with van der Waals surface area (Å²) in [6.45, 7) is 2.73. The first kappa shape index (κ1) is 19.0. The molecule has 1 N–H and O–H groups in total. The van der Waals surface area contributed by atoms with Gasteiger partial charge >= 0.3 is 0 Å². The number of likely N-dealkylation sites (N-methyl/N-ethyl adjacent to an activating group) is 1. The molecule has 27 heavy (non-hydrogen) atoms. The Bertz CT molecular complexity index is 932. The summed E-state index contributed by atoms with van der Waals surface area (Å²) >= 11 is 0. The second kappa shape index (κ2) is 8.27. The second-order valence-electron chi connectivity index (χ2n) is 6.71. The van der Waals surface area contributed by atoms with Crippen LogP contribution in [0.5, 0.6) is 11.5 Å². The van der Waals surface area contributed by atoms with Crippen molar-refractivity contribution in [2.45, 2.75) is 19.4 Å². The predicted octanol–water partition coefficient (Wildman–Crippen LogP) is 3.93. The van der Waals surface area contributed by atoms with Crippen LogP contribution in [0.1, 0.15) is 22.8 Å². The highest BCUT2D eigenvalue weighted by Gasteiger charge is 2.22. The number of Topliss-reactive ketones (excluding diaryl/α,β-unsaturated/α-hetero) is 1. The quantitative estimate of drug-likeness (QED) is 0.614. The first-order valence-corrected chi connectivity index (χ1v) is 9.06. The molecule has 0 spiro atoms. The minimum absolute atomic E-state index is 0.127. The molecule has 0 saturated carbocycles. The molecule has 5 heteroatoms. The highest BCUT2D eigenvalue weighted by molar-refractivity contribution is 6.10. The monoisotopic (exact) mass is 366 g/mol. The molecule has 2 aromatic carbocycles. The van der Waals surface area contributed by atoms with Gasteiger partial charge in [0, 0.05) is 29.2 Å². The Balaban J connectivity index is 1.67. The molecule has 1 aromatic heterocycles. The Kier molecular flexibility index (Phi) is 5.81. The van der Waals surface area contributed by atoms with Gasteiger partial charge in [0.05, 0.1) is 20.3 Å². The minimum atomic E-state index is -0.204. The summed E-state index contributed by atoms with van der Waals surface area (Å²) in [5.41, 5.74) is 2.88. The van der Waals surface area contributed by atoms with Crippen molar-refractivity contribution in [1.82, 2.24) is 9.88 Å². The number of para-hydroxylation sites is 1. The molecular formula is C22H26N2O3. The lowest BCUT2D eigenvalue weighted by Gasteiger charge is -2.23. The maximum Gasteiger partial charge on any atom is 0.181 e. The fourth-order valence-corrected chi connectivity index (χ4v) is 3.24. The van der Waals surface area contributed by atoms with Crippen molar-refractivity contribution in [3.63, 3.8) is 0 Å². The molecule has 0 unspecified atom stereocenters. The maximum atomic E-state index is 13.0. The number of ether oxygens (including phenoxy) is 2. The van der Waals surface area contributed by atoms with Crippen molar-refractivity contribution in [3.8, 4) is 11.5 Å². The van der Waals surface area contributed by atoms with E-state index in [0.29, 0.717) is 0 Å². The minimum Gasteiger partial charge on any atom is -0.493 e. The number of hydrogen-bond acceptors (Lipinski definition) is 4.